The normalized spacial score (nSPS) is 15.8. The molecule has 106 valence electrons. The highest BCUT2D eigenvalue weighted by atomic mass is 79.9. The number of ether oxygens (including phenoxy) is 2. The number of benzene rings is 1. The molecule has 0 spiro atoms. The van der Waals surface area contributed by atoms with E-state index in [1.165, 1.54) is 4.88 Å². The van der Waals surface area contributed by atoms with Gasteiger partial charge in [0.25, 0.3) is 0 Å². The third-order valence-electron chi connectivity index (χ3n) is 3.01. The highest BCUT2D eigenvalue weighted by molar-refractivity contribution is 9.11. The Balaban J connectivity index is 2.01. The number of halogens is 3. The van der Waals surface area contributed by atoms with Gasteiger partial charge in [-0.05, 0) is 45.1 Å². The Bertz CT molecular complexity index is 627. The van der Waals surface area contributed by atoms with Crippen LogP contribution in [-0.4, -0.2) is 13.2 Å². The summed E-state index contributed by atoms with van der Waals surface area (Å²) < 4.78 is 13.6. The molecule has 0 saturated carbocycles. The van der Waals surface area contributed by atoms with Crippen LogP contribution in [-0.2, 0) is 0 Å². The summed E-state index contributed by atoms with van der Waals surface area (Å²) in [5.74, 6) is 1.63. The molecule has 0 radical (unpaired) electrons. The molecule has 6 heteroatoms. The van der Waals surface area contributed by atoms with Crippen molar-refractivity contribution >= 4 is 59.1 Å². The molecule has 1 aromatic heterocycles. The number of thiophene rings is 1. The number of fused-ring (bicyclic) bond motifs is 1. The fourth-order valence-electron chi connectivity index (χ4n) is 2.02. The number of hydrogen-bond acceptors (Lipinski definition) is 3. The monoisotopic (exact) mass is 480 g/mol. The summed E-state index contributed by atoms with van der Waals surface area (Å²) >= 11 is 12.7. The van der Waals surface area contributed by atoms with Gasteiger partial charge in [0.1, 0.15) is 0 Å². The molecule has 1 aromatic carbocycles. The summed E-state index contributed by atoms with van der Waals surface area (Å²) in [4.78, 5) is 1.35. The van der Waals surface area contributed by atoms with Gasteiger partial charge in [-0.3, -0.25) is 0 Å². The Morgan fingerprint density at radius 1 is 1.05 bits per heavy atom. The molecular formula is C14H11Br3O2S. The molecule has 1 aliphatic heterocycles. The number of hydrogen-bond donors (Lipinski definition) is 0. The molecule has 0 fully saturated rings. The van der Waals surface area contributed by atoms with Gasteiger partial charge in [-0.2, -0.15) is 0 Å². The van der Waals surface area contributed by atoms with Crippen LogP contribution in [0.4, 0.5) is 0 Å². The van der Waals surface area contributed by atoms with Gasteiger partial charge in [0, 0.05) is 20.2 Å². The maximum atomic E-state index is 5.77. The lowest BCUT2D eigenvalue weighted by molar-refractivity contribution is 0.297. The number of rotatable bonds is 2. The van der Waals surface area contributed by atoms with Gasteiger partial charge in [-0.25, -0.2) is 0 Å². The van der Waals surface area contributed by atoms with Gasteiger partial charge in [0.05, 0.1) is 18.0 Å². The molecule has 0 amide bonds. The minimum atomic E-state index is 0.114. The lowest BCUT2D eigenvalue weighted by atomic mass is 10.1. The first kappa shape index (κ1) is 14.9. The maximum Gasteiger partial charge on any atom is 0.162 e. The van der Waals surface area contributed by atoms with Crippen LogP contribution in [0.3, 0.4) is 0 Å². The summed E-state index contributed by atoms with van der Waals surface area (Å²) in [6.45, 7) is 1.40. The highest BCUT2D eigenvalue weighted by Crippen LogP contribution is 2.45. The minimum absolute atomic E-state index is 0.114. The second-order valence-corrected chi connectivity index (χ2v) is 7.94. The quantitative estimate of drug-likeness (QED) is 0.495. The molecular weight excluding hydrogens is 472 g/mol. The van der Waals surface area contributed by atoms with Crippen LogP contribution in [0.15, 0.2) is 32.5 Å². The SMILES string of the molecule is Brc1cc2c(cc1C(Br)c1sccc1Br)OCCCO2. The Morgan fingerprint density at radius 3 is 2.40 bits per heavy atom. The van der Waals surface area contributed by atoms with E-state index in [-0.39, 0.29) is 4.83 Å². The number of alkyl halides is 1. The summed E-state index contributed by atoms with van der Waals surface area (Å²) in [5.41, 5.74) is 1.14. The summed E-state index contributed by atoms with van der Waals surface area (Å²) in [6.07, 6.45) is 0.913. The zero-order valence-corrected chi connectivity index (χ0v) is 15.9. The van der Waals surface area contributed by atoms with Crippen molar-refractivity contribution in [3.63, 3.8) is 0 Å². The smallest absolute Gasteiger partial charge is 0.162 e. The molecule has 0 N–H and O–H groups in total. The van der Waals surface area contributed by atoms with E-state index in [1.807, 2.05) is 6.07 Å². The minimum Gasteiger partial charge on any atom is -0.490 e. The van der Waals surface area contributed by atoms with Crippen molar-refractivity contribution in [2.45, 2.75) is 11.2 Å². The van der Waals surface area contributed by atoms with Gasteiger partial charge in [0.15, 0.2) is 11.5 Å². The van der Waals surface area contributed by atoms with Crippen LogP contribution < -0.4 is 9.47 Å². The predicted octanol–water partition coefficient (Wildman–Crippen LogP) is 5.92. The van der Waals surface area contributed by atoms with E-state index < -0.39 is 0 Å². The van der Waals surface area contributed by atoms with E-state index in [1.54, 1.807) is 11.3 Å². The van der Waals surface area contributed by atoms with Gasteiger partial charge in [0.2, 0.25) is 0 Å². The van der Waals surface area contributed by atoms with Crippen molar-refractivity contribution in [2.24, 2.45) is 0 Å². The Kier molecular flexibility index (Phi) is 4.75. The van der Waals surface area contributed by atoms with Crippen LogP contribution in [0.2, 0.25) is 0 Å². The van der Waals surface area contributed by atoms with Crippen molar-refractivity contribution < 1.29 is 9.47 Å². The Labute approximate surface area is 146 Å². The van der Waals surface area contributed by atoms with Crippen LogP contribution in [0, 0.1) is 0 Å². The van der Waals surface area contributed by atoms with E-state index in [4.69, 9.17) is 9.47 Å². The standard InChI is InChI=1S/C14H11Br3O2S/c15-9-2-5-20-14(9)13(17)8-6-11-12(7-10(8)16)19-4-1-3-18-11/h2,5-7,13H,1,3-4H2. The third kappa shape index (κ3) is 2.93. The Morgan fingerprint density at radius 2 is 1.75 bits per heavy atom. The van der Waals surface area contributed by atoms with Crippen LogP contribution in [0.1, 0.15) is 21.7 Å². The molecule has 20 heavy (non-hydrogen) atoms. The molecule has 0 saturated heterocycles. The predicted molar refractivity (Wildman–Crippen MR) is 92.5 cm³/mol. The molecule has 1 atom stereocenters. The van der Waals surface area contributed by atoms with E-state index >= 15 is 0 Å². The van der Waals surface area contributed by atoms with Crippen molar-refractivity contribution in [3.05, 3.63) is 43.0 Å². The first-order valence-electron chi connectivity index (χ1n) is 6.13. The second-order valence-electron chi connectivity index (χ2n) is 4.37. The summed E-state index contributed by atoms with van der Waals surface area (Å²) in [6, 6.07) is 6.10. The molecule has 3 rings (SSSR count). The van der Waals surface area contributed by atoms with Gasteiger partial charge >= 0.3 is 0 Å². The molecule has 1 unspecified atom stereocenters. The van der Waals surface area contributed by atoms with Crippen LogP contribution >= 0.6 is 59.1 Å². The van der Waals surface area contributed by atoms with Gasteiger partial charge in [-0.15, -0.1) is 11.3 Å². The summed E-state index contributed by atoms with van der Waals surface area (Å²) in [5, 5.41) is 2.07. The van der Waals surface area contributed by atoms with Crippen molar-refractivity contribution in [1.82, 2.24) is 0 Å². The average molecular weight is 483 g/mol. The summed E-state index contributed by atoms with van der Waals surface area (Å²) in [7, 11) is 0. The lowest BCUT2D eigenvalue weighted by Crippen LogP contribution is -1.97. The largest absolute Gasteiger partial charge is 0.490 e. The van der Waals surface area contributed by atoms with Gasteiger partial charge in [-0.1, -0.05) is 31.9 Å². The van der Waals surface area contributed by atoms with E-state index in [0.717, 1.165) is 32.4 Å². The molecule has 0 aliphatic carbocycles. The fraction of sp³-hybridized carbons (Fsp3) is 0.286. The third-order valence-corrected chi connectivity index (χ3v) is 6.89. The van der Waals surface area contributed by atoms with Crippen LogP contribution in [0.25, 0.3) is 0 Å². The van der Waals surface area contributed by atoms with E-state index in [2.05, 4.69) is 65.3 Å². The topological polar surface area (TPSA) is 18.5 Å². The Hall–Kier alpha value is -0.0400. The first-order valence-corrected chi connectivity index (χ1v) is 9.51. The molecule has 0 bridgehead atoms. The van der Waals surface area contributed by atoms with Crippen molar-refractivity contribution in [3.8, 4) is 11.5 Å². The molecule has 1 aliphatic rings. The molecule has 2 nitrogen and oxygen atoms in total. The molecule has 2 heterocycles. The van der Waals surface area contributed by atoms with E-state index in [0.29, 0.717) is 13.2 Å². The van der Waals surface area contributed by atoms with Crippen molar-refractivity contribution in [1.29, 1.82) is 0 Å². The van der Waals surface area contributed by atoms with Gasteiger partial charge < -0.3 is 9.47 Å². The first-order chi connectivity index (χ1) is 9.66. The van der Waals surface area contributed by atoms with Crippen LogP contribution in [0.5, 0.6) is 11.5 Å². The zero-order valence-electron chi connectivity index (χ0n) is 10.4. The lowest BCUT2D eigenvalue weighted by Gasteiger charge is -2.15. The highest BCUT2D eigenvalue weighted by Gasteiger charge is 2.21. The fourth-order valence-corrected chi connectivity index (χ4v) is 5.73. The van der Waals surface area contributed by atoms with E-state index in [9.17, 15) is 0 Å². The maximum absolute atomic E-state index is 5.77. The second kappa shape index (κ2) is 6.38. The zero-order chi connectivity index (χ0) is 14.1. The average Bonchev–Trinajstić information content (AvgIpc) is 2.72. The van der Waals surface area contributed by atoms with Crippen molar-refractivity contribution in [2.75, 3.05) is 13.2 Å². The molecule has 2 aromatic rings.